The molecule has 0 aliphatic heterocycles. The minimum atomic E-state index is -1.22. The zero-order valence-corrected chi connectivity index (χ0v) is 7.46. The minimum absolute atomic E-state index is 0.409. The van der Waals surface area contributed by atoms with Gasteiger partial charge in [-0.05, 0) is 17.7 Å². The van der Waals surface area contributed by atoms with E-state index >= 15 is 0 Å². The lowest BCUT2D eigenvalue weighted by atomic mass is 10.0. The van der Waals surface area contributed by atoms with E-state index in [2.05, 4.69) is 0 Å². The van der Waals surface area contributed by atoms with Crippen molar-refractivity contribution in [3.63, 3.8) is 0 Å². The van der Waals surface area contributed by atoms with Crippen LogP contribution in [0.3, 0.4) is 0 Å². The van der Waals surface area contributed by atoms with E-state index in [1.54, 1.807) is 18.2 Å². The second-order valence-corrected chi connectivity index (χ2v) is 2.93. The second kappa shape index (κ2) is 4.72. The van der Waals surface area contributed by atoms with E-state index in [1.807, 2.05) is 6.07 Å². The molecule has 0 aromatic heterocycles. The first-order valence-electron chi connectivity index (χ1n) is 4.16. The van der Waals surface area contributed by atoms with E-state index in [0.29, 0.717) is 11.1 Å². The molecule has 0 amide bonds. The Morgan fingerprint density at radius 2 is 2.07 bits per heavy atom. The van der Waals surface area contributed by atoms with Crippen LogP contribution in [-0.2, 0) is 0 Å². The van der Waals surface area contributed by atoms with Gasteiger partial charge in [0.2, 0.25) is 0 Å². The number of hydrogen-bond acceptors (Lipinski definition) is 4. The smallest absolute Gasteiger partial charge is 0.107 e. The highest BCUT2D eigenvalue weighted by Crippen LogP contribution is 2.17. The third-order valence-electron chi connectivity index (χ3n) is 1.91. The van der Waals surface area contributed by atoms with E-state index in [9.17, 15) is 5.11 Å². The lowest BCUT2D eigenvalue weighted by molar-refractivity contribution is -0.0152. The zero-order chi connectivity index (χ0) is 10.6. The molecule has 1 rings (SSSR count). The van der Waals surface area contributed by atoms with E-state index in [0.717, 1.165) is 0 Å². The molecule has 0 saturated heterocycles. The van der Waals surface area contributed by atoms with Gasteiger partial charge in [0, 0.05) is 0 Å². The first kappa shape index (κ1) is 10.7. The highest BCUT2D eigenvalue weighted by molar-refractivity contribution is 5.34. The van der Waals surface area contributed by atoms with E-state index < -0.39 is 18.8 Å². The molecule has 0 radical (unpaired) electrons. The van der Waals surface area contributed by atoms with Crippen molar-refractivity contribution >= 4 is 0 Å². The summed E-state index contributed by atoms with van der Waals surface area (Å²) in [4.78, 5) is 0. The molecule has 4 nitrogen and oxygen atoms in total. The molecular weight excluding hydrogens is 182 g/mol. The number of nitriles is 1. The SMILES string of the molecule is N#Cc1cccc(C(O)C(O)CO)c1. The van der Waals surface area contributed by atoms with E-state index in [4.69, 9.17) is 15.5 Å². The quantitative estimate of drug-likeness (QED) is 0.628. The van der Waals surface area contributed by atoms with Crippen LogP contribution >= 0.6 is 0 Å². The van der Waals surface area contributed by atoms with Crippen molar-refractivity contribution in [1.29, 1.82) is 5.26 Å². The molecule has 14 heavy (non-hydrogen) atoms. The van der Waals surface area contributed by atoms with Crippen molar-refractivity contribution in [2.75, 3.05) is 6.61 Å². The van der Waals surface area contributed by atoms with Gasteiger partial charge in [-0.3, -0.25) is 0 Å². The minimum Gasteiger partial charge on any atom is -0.394 e. The molecule has 0 spiro atoms. The van der Waals surface area contributed by atoms with Crippen LogP contribution in [0.4, 0.5) is 0 Å². The molecule has 0 saturated carbocycles. The van der Waals surface area contributed by atoms with Crippen molar-refractivity contribution in [3.8, 4) is 6.07 Å². The van der Waals surface area contributed by atoms with Crippen molar-refractivity contribution in [2.45, 2.75) is 12.2 Å². The van der Waals surface area contributed by atoms with Gasteiger partial charge < -0.3 is 15.3 Å². The molecule has 4 heteroatoms. The van der Waals surface area contributed by atoms with Crippen LogP contribution in [0.1, 0.15) is 17.2 Å². The van der Waals surface area contributed by atoms with E-state index in [-0.39, 0.29) is 0 Å². The molecular formula is C10H11NO3. The molecule has 74 valence electrons. The Hall–Kier alpha value is -1.41. The first-order chi connectivity index (χ1) is 6.69. The Kier molecular flexibility index (Phi) is 3.60. The Balaban J connectivity index is 2.91. The number of aliphatic hydroxyl groups is 3. The average molecular weight is 193 g/mol. The summed E-state index contributed by atoms with van der Waals surface area (Å²) in [6, 6.07) is 8.20. The summed E-state index contributed by atoms with van der Waals surface area (Å²) in [5, 5.41) is 35.9. The van der Waals surface area contributed by atoms with Crippen LogP contribution in [0.15, 0.2) is 24.3 Å². The molecule has 1 aromatic carbocycles. The molecule has 0 bridgehead atoms. The Morgan fingerprint density at radius 1 is 1.36 bits per heavy atom. The van der Waals surface area contributed by atoms with Gasteiger partial charge in [0.1, 0.15) is 12.2 Å². The van der Waals surface area contributed by atoms with Crippen molar-refractivity contribution in [2.24, 2.45) is 0 Å². The fraction of sp³-hybridized carbons (Fsp3) is 0.300. The van der Waals surface area contributed by atoms with Gasteiger partial charge in [-0.2, -0.15) is 5.26 Å². The Bertz CT molecular complexity index is 345. The van der Waals surface area contributed by atoms with Gasteiger partial charge in [-0.25, -0.2) is 0 Å². The highest BCUT2D eigenvalue weighted by Gasteiger charge is 2.17. The number of aliphatic hydroxyl groups excluding tert-OH is 3. The summed E-state index contributed by atoms with van der Waals surface area (Å²) >= 11 is 0. The fourth-order valence-electron chi connectivity index (χ4n) is 1.11. The van der Waals surface area contributed by atoms with Gasteiger partial charge in [0.15, 0.2) is 0 Å². The average Bonchev–Trinajstić information content (AvgIpc) is 2.27. The predicted molar refractivity (Wildman–Crippen MR) is 49.2 cm³/mol. The van der Waals surface area contributed by atoms with Gasteiger partial charge >= 0.3 is 0 Å². The molecule has 0 aliphatic rings. The lowest BCUT2D eigenvalue weighted by Crippen LogP contribution is -2.22. The molecule has 2 atom stereocenters. The maximum absolute atomic E-state index is 9.49. The van der Waals surface area contributed by atoms with Crippen LogP contribution in [0.2, 0.25) is 0 Å². The summed E-state index contributed by atoms with van der Waals surface area (Å²) in [5.74, 6) is 0. The molecule has 2 unspecified atom stereocenters. The van der Waals surface area contributed by atoms with Crippen LogP contribution in [0, 0.1) is 11.3 Å². The normalized spacial score (nSPS) is 14.4. The summed E-state index contributed by atoms with van der Waals surface area (Å²) in [7, 11) is 0. The molecule has 3 N–H and O–H groups in total. The molecule has 1 aromatic rings. The van der Waals surface area contributed by atoms with Gasteiger partial charge in [0.25, 0.3) is 0 Å². The van der Waals surface area contributed by atoms with Gasteiger partial charge in [0.05, 0.1) is 18.2 Å². The van der Waals surface area contributed by atoms with Crippen molar-refractivity contribution in [3.05, 3.63) is 35.4 Å². The monoisotopic (exact) mass is 193 g/mol. The largest absolute Gasteiger partial charge is 0.394 e. The number of nitrogens with zero attached hydrogens (tertiary/aromatic N) is 1. The number of benzene rings is 1. The maximum atomic E-state index is 9.49. The van der Waals surface area contributed by atoms with Crippen LogP contribution in [-0.4, -0.2) is 28.0 Å². The van der Waals surface area contributed by atoms with Crippen molar-refractivity contribution in [1.82, 2.24) is 0 Å². The molecule has 0 aliphatic carbocycles. The van der Waals surface area contributed by atoms with Crippen molar-refractivity contribution < 1.29 is 15.3 Å². The maximum Gasteiger partial charge on any atom is 0.107 e. The highest BCUT2D eigenvalue weighted by atomic mass is 16.4. The third-order valence-corrected chi connectivity index (χ3v) is 1.91. The predicted octanol–water partition coefficient (Wildman–Crippen LogP) is -0.0551. The topological polar surface area (TPSA) is 84.5 Å². The summed E-state index contributed by atoms with van der Waals surface area (Å²) < 4.78 is 0. The molecule has 0 fully saturated rings. The van der Waals surface area contributed by atoms with Gasteiger partial charge in [-0.1, -0.05) is 12.1 Å². The summed E-state index contributed by atoms with van der Waals surface area (Å²) in [6.07, 6.45) is -2.38. The fourth-order valence-corrected chi connectivity index (χ4v) is 1.11. The number of hydrogen-bond donors (Lipinski definition) is 3. The second-order valence-electron chi connectivity index (χ2n) is 2.93. The summed E-state index contributed by atoms with van der Waals surface area (Å²) in [6.45, 7) is -0.516. The lowest BCUT2D eigenvalue weighted by Gasteiger charge is -2.15. The van der Waals surface area contributed by atoms with Gasteiger partial charge in [-0.15, -0.1) is 0 Å². The Morgan fingerprint density at radius 3 is 2.64 bits per heavy atom. The Labute approximate surface area is 81.7 Å². The zero-order valence-electron chi connectivity index (χ0n) is 7.46. The van der Waals surface area contributed by atoms with Crippen LogP contribution in [0.5, 0.6) is 0 Å². The number of rotatable bonds is 3. The van der Waals surface area contributed by atoms with Crippen LogP contribution in [0.25, 0.3) is 0 Å². The van der Waals surface area contributed by atoms with Crippen LogP contribution < -0.4 is 0 Å². The standard InChI is InChI=1S/C10H11NO3/c11-5-7-2-1-3-8(4-7)10(14)9(13)6-12/h1-4,9-10,12-14H,6H2. The first-order valence-corrected chi connectivity index (χ1v) is 4.16. The van der Waals surface area contributed by atoms with E-state index in [1.165, 1.54) is 6.07 Å². The summed E-state index contributed by atoms with van der Waals surface area (Å²) in [5.41, 5.74) is 0.831. The molecule has 0 heterocycles. The third kappa shape index (κ3) is 2.30.